The molecule has 6 nitrogen and oxygen atoms in total. The minimum absolute atomic E-state index is 0.181. The number of carbonyl (C=O) groups is 1. The highest BCUT2D eigenvalue weighted by atomic mass is 35.5. The standard InChI is InChI=1S/C23H25ClN2O4/c1-3-4-8-20-25-22(24)18(14-27)26(20)13-15-9-11-16(12-10-15)21-17(23(28)29)6-5-7-19(21)30-2/h5-7,9-12,27H,3-4,8,13-14H2,1-2H3,(H,28,29). The number of carboxylic acids is 1. The van der Waals surface area contributed by atoms with Gasteiger partial charge < -0.3 is 19.5 Å². The largest absolute Gasteiger partial charge is 0.496 e. The maximum absolute atomic E-state index is 11.7. The lowest BCUT2D eigenvalue weighted by molar-refractivity contribution is 0.0697. The monoisotopic (exact) mass is 428 g/mol. The van der Waals surface area contributed by atoms with Crippen LogP contribution in [0, 0.1) is 0 Å². The number of rotatable bonds is 9. The highest BCUT2D eigenvalue weighted by Crippen LogP contribution is 2.34. The number of halogens is 1. The average Bonchev–Trinajstić information content (AvgIpc) is 3.06. The molecule has 0 fully saturated rings. The third-order valence-electron chi connectivity index (χ3n) is 5.07. The molecule has 0 radical (unpaired) electrons. The summed E-state index contributed by atoms with van der Waals surface area (Å²) in [6.07, 6.45) is 2.82. The van der Waals surface area contributed by atoms with Crippen LogP contribution < -0.4 is 4.74 Å². The summed E-state index contributed by atoms with van der Waals surface area (Å²) in [5.74, 6) is 0.357. The van der Waals surface area contributed by atoms with Crippen molar-refractivity contribution in [1.82, 2.24) is 9.55 Å². The van der Waals surface area contributed by atoms with E-state index in [1.165, 1.54) is 7.11 Å². The summed E-state index contributed by atoms with van der Waals surface area (Å²) in [7, 11) is 1.52. The number of aliphatic hydroxyl groups is 1. The van der Waals surface area contributed by atoms with Crippen molar-refractivity contribution in [3.05, 3.63) is 70.3 Å². The first-order chi connectivity index (χ1) is 14.5. The number of carboxylic acid groups (broad SMARTS) is 1. The quantitative estimate of drug-likeness (QED) is 0.511. The average molecular weight is 429 g/mol. The van der Waals surface area contributed by atoms with E-state index in [0.29, 0.717) is 28.7 Å². The van der Waals surface area contributed by atoms with E-state index in [4.69, 9.17) is 16.3 Å². The Hall–Kier alpha value is -2.83. The number of unbranched alkanes of at least 4 members (excludes halogenated alkanes) is 1. The smallest absolute Gasteiger partial charge is 0.336 e. The maximum atomic E-state index is 11.7. The fourth-order valence-electron chi connectivity index (χ4n) is 3.50. The Morgan fingerprint density at radius 1 is 1.20 bits per heavy atom. The van der Waals surface area contributed by atoms with Crippen molar-refractivity contribution in [3.8, 4) is 16.9 Å². The predicted octanol–water partition coefficient (Wildman–Crippen LogP) is 4.79. The van der Waals surface area contributed by atoms with E-state index in [9.17, 15) is 15.0 Å². The molecule has 0 saturated carbocycles. The molecular weight excluding hydrogens is 404 g/mol. The molecule has 2 N–H and O–H groups in total. The molecule has 0 saturated heterocycles. The van der Waals surface area contributed by atoms with Crippen molar-refractivity contribution < 1.29 is 19.7 Å². The Balaban J connectivity index is 1.95. The number of aliphatic hydroxyl groups excluding tert-OH is 1. The van der Waals surface area contributed by atoms with Crippen LogP contribution in [0.25, 0.3) is 11.1 Å². The third kappa shape index (κ3) is 4.50. The Morgan fingerprint density at radius 3 is 2.53 bits per heavy atom. The van der Waals surface area contributed by atoms with Gasteiger partial charge in [0.1, 0.15) is 11.6 Å². The fourth-order valence-corrected chi connectivity index (χ4v) is 3.76. The molecule has 0 unspecified atom stereocenters. The highest BCUT2D eigenvalue weighted by Gasteiger charge is 2.18. The Morgan fingerprint density at radius 2 is 1.93 bits per heavy atom. The second kappa shape index (κ2) is 9.78. The summed E-state index contributed by atoms with van der Waals surface area (Å²) < 4.78 is 7.34. The van der Waals surface area contributed by atoms with Crippen molar-refractivity contribution in [2.24, 2.45) is 0 Å². The first-order valence-electron chi connectivity index (χ1n) is 9.84. The lowest BCUT2D eigenvalue weighted by atomic mass is 9.97. The summed E-state index contributed by atoms with van der Waals surface area (Å²) in [4.78, 5) is 16.1. The van der Waals surface area contributed by atoms with Gasteiger partial charge in [-0.1, -0.05) is 55.3 Å². The lowest BCUT2D eigenvalue weighted by Crippen LogP contribution is -2.09. The molecular formula is C23H25ClN2O4. The van der Waals surface area contributed by atoms with Crippen molar-refractivity contribution in [2.75, 3.05) is 7.11 Å². The molecule has 0 aliphatic carbocycles. The van der Waals surface area contributed by atoms with E-state index in [2.05, 4.69) is 11.9 Å². The van der Waals surface area contributed by atoms with Gasteiger partial charge >= 0.3 is 5.97 Å². The maximum Gasteiger partial charge on any atom is 0.336 e. The van der Waals surface area contributed by atoms with Crippen molar-refractivity contribution >= 4 is 17.6 Å². The lowest BCUT2D eigenvalue weighted by Gasteiger charge is -2.14. The van der Waals surface area contributed by atoms with Gasteiger partial charge in [0.05, 0.1) is 25.0 Å². The zero-order valence-corrected chi connectivity index (χ0v) is 17.8. The molecule has 30 heavy (non-hydrogen) atoms. The minimum Gasteiger partial charge on any atom is -0.496 e. The number of nitrogens with zero attached hydrogens (tertiary/aromatic N) is 2. The second-order valence-corrected chi connectivity index (χ2v) is 7.36. The summed E-state index contributed by atoms with van der Waals surface area (Å²) in [6.45, 7) is 2.45. The van der Waals surface area contributed by atoms with E-state index in [1.54, 1.807) is 18.2 Å². The number of hydrogen-bond donors (Lipinski definition) is 2. The predicted molar refractivity (Wildman–Crippen MR) is 116 cm³/mol. The Labute approximate surface area is 180 Å². The van der Waals surface area contributed by atoms with Crippen LogP contribution >= 0.6 is 11.6 Å². The molecule has 0 bridgehead atoms. The molecule has 2 aromatic carbocycles. The molecule has 0 aliphatic heterocycles. The molecule has 0 atom stereocenters. The molecule has 0 spiro atoms. The Bertz CT molecular complexity index is 1030. The third-order valence-corrected chi connectivity index (χ3v) is 5.37. The summed E-state index contributed by atoms with van der Waals surface area (Å²) in [6, 6.07) is 12.6. The topological polar surface area (TPSA) is 84.6 Å². The molecule has 7 heteroatoms. The first-order valence-corrected chi connectivity index (χ1v) is 10.2. The van der Waals surface area contributed by atoms with Gasteiger partial charge in [-0.25, -0.2) is 9.78 Å². The van der Waals surface area contributed by atoms with E-state index in [0.717, 1.165) is 36.2 Å². The van der Waals surface area contributed by atoms with Crippen LogP contribution in [0.5, 0.6) is 5.75 Å². The molecule has 3 rings (SSSR count). The first kappa shape index (κ1) is 21.9. The molecule has 3 aromatic rings. The zero-order chi connectivity index (χ0) is 21.7. The number of ether oxygens (including phenoxy) is 1. The van der Waals surface area contributed by atoms with Crippen molar-refractivity contribution in [1.29, 1.82) is 0 Å². The second-order valence-electron chi connectivity index (χ2n) is 7.00. The number of aromatic nitrogens is 2. The number of benzene rings is 2. The van der Waals surface area contributed by atoms with Gasteiger partial charge in [-0.2, -0.15) is 0 Å². The van der Waals surface area contributed by atoms with E-state index >= 15 is 0 Å². The Kier molecular flexibility index (Phi) is 7.13. The van der Waals surface area contributed by atoms with Crippen LogP contribution in [0.4, 0.5) is 0 Å². The van der Waals surface area contributed by atoms with Gasteiger partial charge in [-0.3, -0.25) is 0 Å². The van der Waals surface area contributed by atoms with Gasteiger partial charge in [-0.15, -0.1) is 0 Å². The van der Waals surface area contributed by atoms with Crippen LogP contribution in [0.15, 0.2) is 42.5 Å². The minimum atomic E-state index is -1.01. The molecule has 1 heterocycles. The molecule has 0 aliphatic rings. The van der Waals surface area contributed by atoms with E-state index in [-0.39, 0.29) is 12.2 Å². The van der Waals surface area contributed by atoms with E-state index < -0.39 is 5.97 Å². The van der Waals surface area contributed by atoms with Gasteiger partial charge in [0, 0.05) is 18.5 Å². The number of aromatic carboxylic acids is 1. The van der Waals surface area contributed by atoms with Gasteiger partial charge in [0.25, 0.3) is 0 Å². The van der Waals surface area contributed by atoms with E-state index in [1.807, 2.05) is 28.8 Å². The van der Waals surface area contributed by atoms with Gasteiger partial charge in [0.2, 0.25) is 0 Å². The fraction of sp³-hybridized carbons (Fsp3) is 0.304. The normalized spacial score (nSPS) is 10.9. The molecule has 1 aromatic heterocycles. The number of imidazole rings is 1. The number of hydrogen-bond acceptors (Lipinski definition) is 4. The van der Waals surface area contributed by atoms with Gasteiger partial charge in [0.15, 0.2) is 5.15 Å². The summed E-state index contributed by atoms with van der Waals surface area (Å²) in [5.41, 5.74) is 3.08. The molecule has 0 amide bonds. The number of aryl methyl sites for hydroxylation is 1. The van der Waals surface area contributed by atoms with Crippen LogP contribution in [-0.4, -0.2) is 32.8 Å². The summed E-state index contributed by atoms with van der Waals surface area (Å²) in [5, 5.41) is 19.6. The van der Waals surface area contributed by atoms with Crippen LogP contribution in [0.2, 0.25) is 5.15 Å². The highest BCUT2D eigenvalue weighted by molar-refractivity contribution is 6.30. The van der Waals surface area contributed by atoms with Crippen LogP contribution in [0.3, 0.4) is 0 Å². The molecule has 158 valence electrons. The van der Waals surface area contributed by atoms with Crippen molar-refractivity contribution in [3.63, 3.8) is 0 Å². The zero-order valence-electron chi connectivity index (χ0n) is 17.1. The summed E-state index contributed by atoms with van der Waals surface area (Å²) >= 11 is 6.22. The number of methoxy groups -OCH3 is 1. The SMILES string of the molecule is CCCCc1nc(Cl)c(CO)n1Cc1ccc(-c2c(OC)cccc2C(=O)O)cc1. The van der Waals surface area contributed by atoms with Crippen LogP contribution in [-0.2, 0) is 19.6 Å². The van der Waals surface area contributed by atoms with Crippen molar-refractivity contribution in [2.45, 2.75) is 39.3 Å². The van der Waals surface area contributed by atoms with Gasteiger partial charge in [-0.05, 0) is 29.7 Å². The van der Waals surface area contributed by atoms with Crippen LogP contribution in [0.1, 0.15) is 47.2 Å².